The summed E-state index contributed by atoms with van der Waals surface area (Å²) in [7, 11) is 0. The van der Waals surface area contributed by atoms with Crippen molar-refractivity contribution in [1.29, 1.82) is 0 Å². The summed E-state index contributed by atoms with van der Waals surface area (Å²) >= 11 is 1.27. The molecule has 0 atom stereocenters. The number of thioether (sulfide) groups is 1. The molecule has 8 heteroatoms. The molecule has 1 aromatic heterocycles. The van der Waals surface area contributed by atoms with E-state index in [4.69, 9.17) is 5.84 Å². The van der Waals surface area contributed by atoms with Crippen LogP contribution in [0, 0.1) is 0 Å². The van der Waals surface area contributed by atoms with Gasteiger partial charge < -0.3 is 11.2 Å². The van der Waals surface area contributed by atoms with Gasteiger partial charge in [-0.05, 0) is 44.0 Å². The molecule has 7 nitrogen and oxygen atoms in total. The number of nitrogens with one attached hydrogen (secondary N) is 1. The molecule has 1 heterocycles. The van der Waals surface area contributed by atoms with Crippen LogP contribution in [0.15, 0.2) is 29.4 Å². The number of Topliss-reactive ketones (excluding diaryl/α,β-unsaturated/α-hetero) is 1. The zero-order chi connectivity index (χ0) is 18.5. The third-order valence-electron chi connectivity index (χ3n) is 4.57. The lowest BCUT2D eigenvalue weighted by molar-refractivity contribution is -0.113. The third-order valence-corrected chi connectivity index (χ3v) is 5.51. The van der Waals surface area contributed by atoms with Gasteiger partial charge in [0.05, 0.1) is 5.75 Å². The fourth-order valence-corrected chi connectivity index (χ4v) is 3.80. The smallest absolute Gasteiger partial charge is 0.234 e. The fourth-order valence-electron chi connectivity index (χ4n) is 3.14. The molecule has 0 saturated heterocycles. The van der Waals surface area contributed by atoms with E-state index in [0.29, 0.717) is 22.3 Å². The highest BCUT2D eigenvalue weighted by Gasteiger charge is 2.22. The molecule has 0 bridgehead atoms. The number of anilines is 1. The van der Waals surface area contributed by atoms with Crippen molar-refractivity contribution in [1.82, 2.24) is 14.9 Å². The van der Waals surface area contributed by atoms with Crippen LogP contribution >= 0.6 is 11.8 Å². The number of nitrogens with two attached hydrogens (primary N) is 1. The van der Waals surface area contributed by atoms with E-state index < -0.39 is 0 Å². The van der Waals surface area contributed by atoms with E-state index in [-0.39, 0.29) is 17.4 Å². The molecule has 0 spiro atoms. The first kappa shape index (κ1) is 18.4. The van der Waals surface area contributed by atoms with Crippen LogP contribution in [0.3, 0.4) is 0 Å². The van der Waals surface area contributed by atoms with Crippen molar-refractivity contribution in [3.05, 3.63) is 35.7 Å². The Balaban J connectivity index is 1.54. The van der Waals surface area contributed by atoms with Gasteiger partial charge in [-0.3, -0.25) is 9.59 Å². The number of aromatic nitrogens is 3. The lowest BCUT2D eigenvalue weighted by Gasteiger charge is -2.20. The van der Waals surface area contributed by atoms with Crippen molar-refractivity contribution in [3.63, 3.8) is 0 Å². The monoisotopic (exact) mass is 373 g/mol. The highest BCUT2D eigenvalue weighted by molar-refractivity contribution is 7.99. The predicted octanol–water partition coefficient (Wildman–Crippen LogP) is 2.97. The second-order valence-corrected chi connectivity index (χ2v) is 7.46. The van der Waals surface area contributed by atoms with Crippen molar-refractivity contribution in [2.45, 2.75) is 50.1 Å². The van der Waals surface area contributed by atoms with Crippen LogP contribution in [0.1, 0.15) is 61.1 Å². The van der Waals surface area contributed by atoms with Gasteiger partial charge in [0.15, 0.2) is 11.6 Å². The minimum atomic E-state index is -0.159. The molecule has 3 N–H and O–H groups in total. The van der Waals surface area contributed by atoms with Crippen LogP contribution in [-0.4, -0.2) is 32.3 Å². The summed E-state index contributed by atoms with van der Waals surface area (Å²) in [5.74, 6) is 7.33. The predicted molar refractivity (Wildman–Crippen MR) is 102 cm³/mol. The molecule has 1 saturated carbocycles. The minimum absolute atomic E-state index is 0.00511. The highest BCUT2D eigenvalue weighted by Crippen LogP contribution is 2.32. The van der Waals surface area contributed by atoms with Gasteiger partial charge in [-0.1, -0.05) is 31.0 Å². The molecular formula is C18H23N5O2S. The first-order valence-electron chi connectivity index (χ1n) is 8.78. The Hall–Kier alpha value is -2.35. The Morgan fingerprint density at radius 3 is 2.54 bits per heavy atom. The topological polar surface area (TPSA) is 103 Å². The number of hydrogen-bond donors (Lipinski definition) is 2. The van der Waals surface area contributed by atoms with E-state index in [2.05, 4.69) is 15.5 Å². The second kappa shape index (κ2) is 8.35. The number of amides is 1. The molecule has 26 heavy (non-hydrogen) atoms. The number of carbonyl (C=O) groups excluding carboxylic acids is 2. The number of carbonyl (C=O) groups is 2. The first-order chi connectivity index (χ1) is 12.5. The zero-order valence-corrected chi connectivity index (χ0v) is 15.6. The lowest BCUT2D eigenvalue weighted by atomic mass is 9.89. The number of nitrogens with zero attached hydrogens (tertiary/aromatic N) is 3. The Morgan fingerprint density at radius 1 is 1.19 bits per heavy atom. The normalized spacial score (nSPS) is 15.0. The SMILES string of the molecule is CC(=O)c1ccc(NC(=O)CSc2nnc(C3CCCCC3)n2N)cc1. The van der Waals surface area contributed by atoms with Crippen molar-refractivity contribution >= 4 is 29.1 Å². The van der Waals surface area contributed by atoms with E-state index in [0.717, 1.165) is 18.7 Å². The number of benzene rings is 1. The average molecular weight is 373 g/mol. The van der Waals surface area contributed by atoms with E-state index in [1.54, 1.807) is 24.3 Å². The second-order valence-electron chi connectivity index (χ2n) is 6.52. The summed E-state index contributed by atoms with van der Waals surface area (Å²) in [4.78, 5) is 23.4. The molecule has 1 amide bonds. The van der Waals surface area contributed by atoms with Crippen LogP contribution < -0.4 is 11.2 Å². The van der Waals surface area contributed by atoms with E-state index in [1.807, 2.05) is 0 Å². The molecule has 0 unspecified atom stereocenters. The third kappa shape index (κ3) is 4.43. The molecular weight excluding hydrogens is 350 g/mol. The zero-order valence-electron chi connectivity index (χ0n) is 14.8. The summed E-state index contributed by atoms with van der Waals surface area (Å²) in [6.45, 7) is 1.51. The van der Waals surface area contributed by atoms with Crippen LogP contribution in [0.25, 0.3) is 0 Å². The van der Waals surface area contributed by atoms with Crippen molar-refractivity contribution in [2.24, 2.45) is 0 Å². The molecule has 0 radical (unpaired) electrons. The van der Waals surface area contributed by atoms with Crippen LogP contribution in [-0.2, 0) is 4.79 Å². The van der Waals surface area contributed by atoms with E-state index in [1.165, 1.54) is 42.6 Å². The Bertz CT molecular complexity index is 781. The number of nitrogen functional groups attached to an aromatic ring is 1. The number of ketones is 1. The summed E-state index contributed by atoms with van der Waals surface area (Å²) in [5.41, 5.74) is 1.27. The molecule has 1 aliphatic rings. The first-order valence-corrected chi connectivity index (χ1v) is 9.77. The van der Waals surface area contributed by atoms with Crippen molar-refractivity contribution < 1.29 is 9.59 Å². The van der Waals surface area contributed by atoms with Gasteiger partial charge >= 0.3 is 0 Å². The Labute approximate surface area is 156 Å². The Morgan fingerprint density at radius 2 is 1.88 bits per heavy atom. The van der Waals surface area contributed by atoms with Crippen molar-refractivity contribution in [2.75, 3.05) is 16.9 Å². The van der Waals surface area contributed by atoms with Crippen LogP contribution in [0.4, 0.5) is 5.69 Å². The molecule has 2 aromatic rings. The summed E-state index contributed by atoms with van der Waals surface area (Å²) in [6, 6.07) is 6.81. The minimum Gasteiger partial charge on any atom is -0.336 e. The van der Waals surface area contributed by atoms with Gasteiger partial charge in [0.1, 0.15) is 0 Å². The quantitative estimate of drug-likeness (QED) is 0.458. The van der Waals surface area contributed by atoms with Gasteiger partial charge in [0.25, 0.3) is 0 Å². The van der Waals surface area contributed by atoms with Crippen LogP contribution in [0.2, 0.25) is 0 Å². The van der Waals surface area contributed by atoms with Crippen molar-refractivity contribution in [3.8, 4) is 0 Å². The largest absolute Gasteiger partial charge is 0.336 e. The van der Waals surface area contributed by atoms with E-state index >= 15 is 0 Å². The summed E-state index contributed by atoms with van der Waals surface area (Å²) < 4.78 is 1.52. The van der Waals surface area contributed by atoms with Gasteiger partial charge in [-0.2, -0.15) is 0 Å². The van der Waals surface area contributed by atoms with Gasteiger partial charge in [0, 0.05) is 17.2 Å². The molecule has 1 fully saturated rings. The highest BCUT2D eigenvalue weighted by atomic mass is 32.2. The van der Waals surface area contributed by atoms with Gasteiger partial charge in [-0.25, -0.2) is 4.68 Å². The van der Waals surface area contributed by atoms with E-state index in [9.17, 15) is 9.59 Å². The maximum absolute atomic E-state index is 12.1. The molecule has 3 rings (SSSR count). The van der Waals surface area contributed by atoms with Gasteiger partial charge in [-0.15, -0.1) is 10.2 Å². The fraction of sp³-hybridized carbons (Fsp3) is 0.444. The number of rotatable bonds is 6. The lowest BCUT2D eigenvalue weighted by Crippen LogP contribution is -2.19. The summed E-state index contributed by atoms with van der Waals surface area (Å²) in [6.07, 6.45) is 5.85. The Kier molecular flexibility index (Phi) is 5.92. The van der Waals surface area contributed by atoms with Crippen LogP contribution in [0.5, 0.6) is 0 Å². The standard InChI is InChI=1S/C18H23N5O2S/c1-12(24)13-7-9-15(10-8-13)20-16(25)11-26-18-22-21-17(23(18)19)14-5-3-2-4-6-14/h7-10,14H,2-6,11,19H2,1H3,(H,20,25). The average Bonchev–Trinajstić information content (AvgIpc) is 3.02. The number of hydrogen-bond acceptors (Lipinski definition) is 6. The molecule has 0 aliphatic heterocycles. The molecule has 138 valence electrons. The maximum Gasteiger partial charge on any atom is 0.234 e. The molecule has 1 aliphatic carbocycles. The molecule has 1 aromatic carbocycles. The maximum atomic E-state index is 12.1. The van der Waals surface area contributed by atoms with Gasteiger partial charge in [0.2, 0.25) is 11.1 Å². The summed E-state index contributed by atoms with van der Waals surface area (Å²) in [5, 5.41) is 11.7.